The van der Waals surface area contributed by atoms with E-state index < -0.39 is 0 Å². The summed E-state index contributed by atoms with van der Waals surface area (Å²) in [5.74, 6) is 0.705. The van der Waals surface area contributed by atoms with E-state index in [1.165, 1.54) is 29.8 Å². The first-order valence-corrected chi connectivity index (χ1v) is 7.78. The van der Waals surface area contributed by atoms with Gasteiger partial charge in [0.05, 0.1) is 23.9 Å². The largest absolute Gasteiger partial charge is 0.332 e. The minimum absolute atomic E-state index is 0.705. The number of imidazole rings is 1. The van der Waals surface area contributed by atoms with Crippen molar-refractivity contribution in [3.05, 3.63) is 23.1 Å². The molecule has 0 aromatic carbocycles. The standard InChI is InChI=1S/C14H20N4S/c1-3-6-15-8-12-13(10-4-5-10)17-14(19-12)11-7-16-9-18(11)2/h7,9-10,15H,3-6,8H2,1-2H3. The lowest BCUT2D eigenvalue weighted by Gasteiger charge is -2.01. The molecule has 0 unspecified atom stereocenters. The van der Waals surface area contributed by atoms with Crippen molar-refractivity contribution < 1.29 is 0 Å². The third-order valence-corrected chi connectivity index (χ3v) is 4.53. The third-order valence-electron chi connectivity index (χ3n) is 3.44. The molecule has 1 aliphatic carbocycles. The predicted molar refractivity (Wildman–Crippen MR) is 78.3 cm³/mol. The Hall–Kier alpha value is -1.20. The summed E-state index contributed by atoms with van der Waals surface area (Å²) in [5, 5.41) is 4.60. The van der Waals surface area contributed by atoms with Crippen LogP contribution in [-0.2, 0) is 13.6 Å². The lowest BCUT2D eigenvalue weighted by Crippen LogP contribution is -2.13. The molecule has 3 rings (SSSR count). The van der Waals surface area contributed by atoms with E-state index >= 15 is 0 Å². The summed E-state index contributed by atoms with van der Waals surface area (Å²) < 4.78 is 2.04. The summed E-state index contributed by atoms with van der Waals surface area (Å²) in [6.45, 7) is 4.22. The fraction of sp³-hybridized carbons (Fsp3) is 0.571. The fourth-order valence-electron chi connectivity index (χ4n) is 2.22. The van der Waals surface area contributed by atoms with Gasteiger partial charge in [-0.25, -0.2) is 9.97 Å². The summed E-state index contributed by atoms with van der Waals surface area (Å²) >= 11 is 1.82. The van der Waals surface area contributed by atoms with Gasteiger partial charge < -0.3 is 9.88 Å². The molecule has 0 amide bonds. The molecule has 19 heavy (non-hydrogen) atoms. The van der Waals surface area contributed by atoms with Gasteiger partial charge >= 0.3 is 0 Å². The summed E-state index contributed by atoms with van der Waals surface area (Å²) in [6.07, 6.45) is 7.51. The van der Waals surface area contributed by atoms with Crippen LogP contribution in [0.4, 0.5) is 0 Å². The average molecular weight is 276 g/mol. The van der Waals surface area contributed by atoms with Crippen LogP contribution in [0.1, 0.15) is 42.7 Å². The van der Waals surface area contributed by atoms with Gasteiger partial charge in [0.15, 0.2) is 0 Å². The molecule has 1 fully saturated rings. The van der Waals surface area contributed by atoms with E-state index in [2.05, 4.69) is 17.2 Å². The van der Waals surface area contributed by atoms with Crippen LogP contribution in [0.3, 0.4) is 0 Å². The molecule has 0 aliphatic heterocycles. The number of aryl methyl sites for hydroxylation is 1. The molecule has 5 heteroatoms. The molecule has 2 heterocycles. The van der Waals surface area contributed by atoms with Crippen molar-refractivity contribution in [3.8, 4) is 10.7 Å². The van der Waals surface area contributed by atoms with E-state index in [1.54, 1.807) is 0 Å². The van der Waals surface area contributed by atoms with Gasteiger partial charge in [-0.3, -0.25) is 0 Å². The first kappa shape index (κ1) is 12.8. The fourth-order valence-corrected chi connectivity index (χ4v) is 3.39. The van der Waals surface area contributed by atoms with Gasteiger partial charge in [-0.05, 0) is 25.8 Å². The van der Waals surface area contributed by atoms with E-state index in [0.717, 1.165) is 23.8 Å². The summed E-state index contributed by atoms with van der Waals surface area (Å²) in [6, 6.07) is 0. The quantitative estimate of drug-likeness (QED) is 0.825. The minimum Gasteiger partial charge on any atom is -0.332 e. The first-order valence-electron chi connectivity index (χ1n) is 6.96. The molecule has 0 spiro atoms. The maximum atomic E-state index is 4.87. The third kappa shape index (κ3) is 2.72. The maximum absolute atomic E-state index is 4.87. The molecule has 1 N–H and O–H groups in total. The highest BCUT2D eigenvalue weighted by atomic mass is 32.1. The number of aromatic nitrogens is 3. The Morgan fingerprint density at radius 3 is 2.95 bits per heavy atom. The smallest absolute Gasteiger partial charge is 0.142 e. The Balaban J connectivity index is 1.86. The van der Waals surface area contributed by atoms with E-state index in [4.69, 9.17) is 4.98 Å². The zero-order valence-electron chi connectivity index (χ0n) is 11.5. The Morgan fingerprint density at radius 1 is 1.47 bits per heavy atom. The molecular formula is C14H20N4S. The molecule has 1 saturated carbocycles. The van der Waals surface area contributed by atoms with Crippen LogP contribution < -0.4 is 5.32 Å². The second-order valence-electron chi connectivity index (χ2n) is 5.17. The molecule has 0 saturated heterocycles. The zero-order valence-corrected chi connectivity index (χ0v) is 12.3. The normalized spacial score (nSPS) is 15.1. The molecule has 2 aromatic rings. The van der Waals surface area contributed by atoms with Crippen molar-refractivity contribution >= 4 is 11.3 Å². The summed E-state index contributed by atoms with van der Waals surface area (Å²) in [7, 11) is 2.02. The van der Waals surface area contributed by atoms with Gasteiger partial charge in [0.25, 0.3) is 0 Å². The number of rotatable bonds is 6. The van der Waals surface area contributed by atoms with Gasteiger partial charge in [0.1, 0.15) is 5.01 Å². The number of nitrogens with zero attached hydrogens (tertiary/aromatic N) is 3. The van der Waals surface area contributed by atoms with Crippen molar-refractivity contribution in [2.45, 2.75) is 38.6 Å². The van der Waals surface area contributed by atoms with Crippen LogP contribution >= 0.6 is 11.3 Å². The maximum Gasteiger partial charge on any atom is 0.142 e. The SMILES string of the molecule is CCCNCc1sc(-c2cncn2C)nc1C1CC1. The lowest BCUT2D eigenvalue weighted by molar-refractivity contribution is 0.676. The second kappa shape index (κ2) is 5.43. The summed E-state index contributed by atoms with van der Waals surface area (Å²) in [5.41, 5.74) is 2.44. The topological polar surface area (TPSA) is 42.7 Å². The summed E-state index contributed by atoms with van der Waals surface area (Å²) in [4.78, 5) is 10.5. The van der Waals surface area contributed by atoms with Crippen molar-refractivity contribution in [3.63, 3.8) is 0 Å². The average Bonchev–Trinajstić information content (AvgIpc) is 3.03. The molecule has 2 aromatic heterocycles. The van der Waals surface area contributed by atoms with Crippen LogP contribution in [-0.4, -0.2) is 21.1 Å². The van der Waals surface area contributed by atoms with Gasteiger partial charge in [-0.2, -0.15) is 0 Å². The first-order chi connectivity index (χ1) is 9.29. The van der Waals surface area contributed by atoms with Gasteiger partial charge in [0, 0.05) is 24.4 Å². The zero-order chi connectivity index (χ0) is 13.2. The van der Waals surface area contributed by atoms with E-state index in [-0.39, 0.29) is 0 Å². The van der Waals surface area contributed by atoms with E-state index in [9.17, 15) is 0 Å². The van der Waals surface area contributed by atoms with Crippen LogP contribution in [0.15, 0.2) is 12.5 Å². The van der Waals surface area contributed by atoms with Crippen LogP contribution in [0.25, 0.3) is 10.7 Å². The van der Waals surface area contributed by atoms with Crippen molar-refractivity contribution in [1.29, 1.82) is 0 Å². The van der Waals surface area contributed by atoms with E-state index in [1.807, 2.05) is 35.5 Å². The van der Waals surface area contributed by atoms with Crippen LogP contribution in [0.5, 0.6) is 0 Å². The molecule has 0 bridgehead atoms. The Kier molecular flexibility index (Phi) is 3.66. The molecule has 4 nitrogen and oxygen atoms in total. The Morgan fingerprint density at radius 2 is 2.32 bits per heavy atom. The van der Waals surface area contributed by atoms with Gasteiger partial charge in [-0.1, -0.05) is 6.92 Å². The van der Waals surface area contributed by atoms with Crippen LogP contribution in [0.2, 0.25) is 0 Å². The number of hydrogen-bond acceptors (Lipinski definition) is 4. The molecule has 0 atom stereocenters. The monoisotopic (exact) mass is 276 g/mol. The lowest BCUT2D eigenvalue weighted by atomic mass is 10.2. The highest BCUT2D eigenvalue weighted by Crippen LogP contribution is 2.44. The second-order valence-corrected chi connectivity index (χ2v) is 6.25. The number of thiazole rings is 1. The minimum atomic E-state index is 0.705. The number of nitrogens with one attached hydrogen (secondary N) is 1. The van der Waals surface area contributed by atoms with Gasteiger partial charge in [-0.15, -0.1) is 11.3 Å². The van der Waals surface area contributed by atoms with Crippen LogP contribution in [0, 0.1) is 0 Å². The highest BCUT2D eigenvalue weighted by Gasteiger charge is 2.29. The van der Waals surface area contributed by atoms with E-state index in [0.29, 0.717) is 5.92 Å². The predicted octanol–water partition coefficient (Wildman–Crippen LogP) is 2.92. The molecule has 1 aliphatic rings. The Labute approximate surface area is 117 Å². The van der Waals surface area contributed by atoms with Crippen molar-refractivity contribution in [2.75, 3.05) is 6.54 Å². The van der Waals surface area contributed by atoms with Crippen molar-refractivity contribution in [2.24, 2.45) is 7.05 Å². The Bertz CT molecular complexity index is 554. The number of hydrogen-bond donors (Lipinski definition) is 1. The van der Waals surface area contributed by atoms with Gasteiger partial charge in [0.2, 0.25) is 0 Å². The molecular weight excluding hydrogens is 256 g/mol. The molecule has 102 valence electrons. The van der Waals surface area contributed by atoms with Crippen molar-refractivity contribution in [1.82, 2.24) is 19.9 Å². The highest BCUT2D eigenvalue weighted by molar-refractivity contribution is 7.15. The molecule has 0 radical (unpaired) electrons.